The van der Waals surface area contributed by atoms with E-state index in [9.17, 15) is 0 Å². The molecule has 0 unspecified atom stereocenters. The Kier molecular flexibility index (Phi) is 7.07. The fraction of sp³-hybridized carbons (Fsp3) is 0.233. The Hall–Kier alpha value is -4.47. The van der Waals surface area contributed by atoms with Crippen LogP contribution in [0.25, 0.3) is 28.2 Å². The first-order chi connectivity index (χ1) is 19.1. The summed E-state index contributed by atoms with van der Waals surface area (Å²) in [6.45, 7) is 7.50. The summed E-state index contributed by atoms with van der Waals surface area (Å²) in [6, 6.07) is 20.5. The first kappa shape index (κ1) is 24.8. The predicted molar refractivity (Wildman–Crippen MR) is 153 cm³/mol. The summed E-state index contributed by atoms with van der Waals surface area (Å²) in [5.41, 5.74) is 7.81. The van der Waals surface area contributed by atoms with E-state index in [4.69, 9.17) is 0 Å². The molecule has 0 radical (unpaired) electrons. The van der Waals surface area contributed by atoms with Crippen LogP contribution in [0.3, 0.4) is 0 Å². The molecular weight excluding hydrogens is 486 g/mol. The summed E-state index contributed by atoms with van der Waals surface area (Å²) < 4.78 is 1.82. The van der Waals surface area contributed by atoms with Gasteiger partial charge in [-0.3, -0.25) is 9.88 Å². The molecule has 1 saturated heterocycles. The fourth-order valence-electron chi connectivity index (χ4n) is 4.67. The molecule has 1 aliphatic rings. The molecule has 0 saturated carbocycles. The zero-order chi connectivity index (χ0) is 26.6. The van der Waals surface area contributed by atoms with E-state index in [1.807, 2.05) is 29.1 Å². The molecule has 0 bridgehead atoms. The molecule has 0 spiro atoms. The van der Waals surface area contributed by atoms with E-state index in [-0.39, 0.29) is 0 Å². The number of likely N-dealkylation sites (N-methyl/N-ethyl adjacent to an activating group) is 1. The van der Waals surface area contributed by atoms with Crippen LogP contribution in [0.5, 0.6) is 0 Å². The summed E-state index contributed by atoms with van der Waals surface area (Å²) in [5.74, 6) is 0.525. The van der Waals surface area contributed by atoms with Crippen LogP contribution in [0.4, 0.5) is 11.6 Å². The third-order valence-corrected chi connectivity index (χ3v) is 7.09. The third-order valence-electron chi connectivity index (χ3n) is 7.09. The Morgan fingerprint density at radius 1 is 0.872 bits per heavy atom. The van der Waals surface area contributed by atoms with Crippen LogP contribution in [0.2, 0.25) is 0 Å². The van der Waals surface area contributed by atoms with Crippen molar-refractivity contribution in [2.75, 3.05) is 38.5 Å². The third kappa shape index (κ3) is 5.84. The largest absolute Gasteiger partial charge is 0.324 e. The molecule has 9 nitrogen and oxygen atoms in total. The van der Waals surface area contributed by atoms with Crippen LogP contribution >= 0.6 is 0 Å². The highest BCUT2D eigenvalue weighted by molar-refractivity contribution is 5.70. The molecule has 5 aromatic rings. The number of nitrogens with zero attached hydrogens (tertiary/aromatic N) is 8. The highest BCUT2D eigenvalue weighted by Gasteiger charge is 2.14. The van der Waals surface area contributed by atoms with Gasteiger partial charge in [0.1, 0.15) is 5.69 Å². The number of aromatic nitrogens is 6. The monoisotopic (exact) mass is 517 g/mol. The standard InChI is InChI=1S/C30H31N9/c1-22-5-8-24(18-28(22)34-30-32-13-11-27(33-30)25-4-3-12-31-19-25)29-21-39(36-35-29)26-9-6-23(7-10-26)20-38-16-14-37(2)15-17-38/h3-13,18-19,21H,14-17,20H2,1-2H3,(H,32,33,34). The second-order valence-corrected chi connectivity index (χ2v) is 9.96. The van der Waals surface area contributed by atoms with E-state index < -0.39 is 0 Å². The molecule has 6 rings (SSSR count). The van der Waals surface area contributed by atoms with Crippen LogP contribution in [0, 0.1) is 6.92 Å². The Morgan fingerprint density at radius 3 is 2.51 bits per heavy atom. The van der Waals surface area contributed by atoms with Gasteiger partial charge in [0.05, 0.1) is 17.6 Å². The van der Waals surface area contributed by atoms with Crippen molar-refractivity contribution in [2.24, 2.45) is 0 Å². The van der Waals surface area contributed by atoms with Gasteiger partial charge in [-0.1, -0.05) is 29.5 Å². The highest BCUT2D eigenvalue weighted by Crippen LogP contribution is 2.27. The average molecular weight is 518 g/mol. The zero-order valence-electron chi connectivity index (χ0n) is 22.2. The van der Waals surface area contributed by atoms with Gasteiger partial charge in [0.2, 0.25) is 5.95 Å². The molecule has 0 amide bonds. The van der Waals surface area contributed by atoms with Gasteiger partial charge in [0.15, 0.2) is 0 Å². The van der Waals surface area contributed by atoms with Crippen molar-refractivity contribution >= 4 is 11.6 Å². The summed E-state index contributed by atoms with van der Waals surface area (Å²) in [7, 11) is 2.18. The summed E-state index contributed by atoms with van der Waals surface area (Å²) in [4.78, 5) is 18.2. The number of benzene rings is 2. The van der Waals surface area contributed by atoms with Crippen molar-refractivity contribution in [1.82, 2.24) is 39.7 Å². The Labute approximate surface area is 228 Å². The van der Waals surface area contributed by atoms with Crippen LogP contribution in [-0.4, -0.2) is 73.0 Å². The van der Waals surface area contributed by atoms with Crippen LogP contribution in [0.1, 0.15) is 11.1 Å². The first-order valence-electron chi connectivity index (χ1n) is 13.1. The fourth-order valence-corrected chi connectivity index (χ4v) is 4.67. The maximum atomic E-state index is 4.67. The van der Waals surface area contributed by atoms with Gasteiger partial charge in [-0.25, -0.2) is 14.6 Å². The van der Waals surface area contributed by atoms with Crippen molar-refractivity contribution in [2.45, 2.75) is 13.5 Å². The number of hydrogen-bond donors (Lipinski definition) is 1. The van der Waals surface area contributed by atoms with E-state index in [1.54, 1.807) is 18.6 Å². The molecule has 3 aromatic heterocycles. The number of anilines is 2. The molecule has 4 heterocycles. The second-order valence-electron chi connectivity index (χ2n) is 9.96. The van der Waals surface area contributed by atoms with Crippen LogP contribution < -0.4 is 5.32 Å². The summed E-state index contributed by atoms with van der Waals surface area (Å²) in [6.07, 6.45) is 7.25. The lowest BCUT2D eigenvalue weighted by Crippen LogP contribution is -2.43. The van der Waals surface area contributed by atoms with E-state index in [0.29, 0.717) is 5.95 Å². The maximum absolute atomic E-state index is 4.67. The van der Waals surface area contributed by atoms with Crippen molar-refractivity contribution < 1.29 is 0 Å². The maximum Gasteiger partial charge on any atom is 0.227 e. The zero-order valence-corrected chi connectivity index (χ0v) is 22.2. The molecule has 0 atom stereocenters. The molecule has 39 heavy (non-hydrogen) atoms. The number of piperazine rings is 1. The number of nitrogens with one attached hydrogen (secondary N) is 1. The van der Waals surface area contributed by atoms with E-state index in [1.165, 1.54) is 5.56 Å². The van der Waals surface area contributed by atoms with Gasteiger partial charge >= 0.3 is 0 Å². The van der Waals surface area contributed by atoms with Crippen molar-refractivity contribution in [3.05, 3.63) is 96.6 Å². The number of aryl methyl sites for hydroxylation is 1. The minimum atomic E-state index is 0.525. The lowest BCUT2D eigenvalue weighted by atomic mass is 10.1. The average Bonchev–Trinajstić information content (AvgIpc) is 3.47. The second kappa shape index (κ2) is 11.1. The SMILES string of the molecule is Cc1ccc(-c2cn(-c3ccc(CN4CCN(C)CC4)cc3)nn2)cc1Nc1nccc(-c2cccnc2)n1. The molecule has 9 heteroatoms. The molecule has 196 valence electrons. The highest BCUT2D eigenvalue weighted by atomic mass is 15.4. The predicted octanol–water partition coefficient (Wildman–Crippen LogP) is 4.59. The first-order valence-corrected chi connectivity index (χ1v) is 13.1. The Bertz CT molecular complexity index is 1540. The van der Waals surface area contributed by atoms with Gasteiger partial charge < -0.3 is 10.2 Å². The van der Waals surface area contributed by atoms with E-state index >= 15 is 0 Å². The molecule has 1 aliphatic heterocycles. The smallest absolute Gasteiger partial charge is 0.227 e. The minimum absolute atomic E-state index is 0.525. The minimum Gasteiger partial charge on any atom is -0.324 e. The van der Waals surface area contributed by atoms with Gasteiger partial charge in [-0.2, -0.15) is 0 Å². The molecule has 1 N–H and O–H groups in total. The number of rotatable bonds is 7. The lowest BCUT2D eigenvalue weighted by Gasteiger charge is -2.32. The Morgan fingerprint density at radius 2 is 1.72 bits per heavy atom. The normalized spacial score (nSPS) is 14.4. The van der Waals surface area contributed by atoms with Gasteiger partial charge in [0.25, 0.3) is 0 Å². The van der Waals surface area contributed by atoms with Crippen molar-refractivity contribution in [3.8, 4) is 28.2 Å². The van der Waals surface area contributed by atoms with Gasteiger partial charge in [-0.15, -0.1) is 5.10 Å². The Balaban J connectivity index is 1.17. The molecule has 2 aromatic carbocycles. The number of pyridine rings is 1. The van der Waals surface area contributed by atoms with Crippen LogP contribution in [-0.2, 0) is 6.54 Å². The van der Waals surface area contributed by atoms with Crippen LogP contribution in [0.15, 0.2) is 85.5 Å². The van der Waals surface area contributed by atoms with E-state index in [2.05, 4.69) is 96.8 Å². The quantitative estimate of drug-likeness (QED) is 0.336. The number of hydrogen-bond acceptors (Lipinski definition) is 8. The van der Waals surface area contributed by atoms with Gasteiger partial charge in [-0.05, 0) is 61.5 Å². The topological polar surface area (TPSA) is 87.9 Å². The van der Waals surface area contributed by atoms with Crippen molar-refractivity contribution in [1.29, 1.82) is 0 Å². The van der Waals surface area contributed by atoms with E-state index in [0.717, 1.165) is 72.2 Å². The van der Waals surface area contributed by atoms with Crippen molar-refractivity contribution in [3.63, 3.8) is 0 Å². The molecule has 1 fully saturated rings. The summed E-state index contributed by atoms with van der Waals surface area (Å²) >= 11 is 0. The van der Waals surface area contributed by atoms with Gasteiger partial charge in [0, 0.05) is 68.1 Å². The summed E-state index contributed by atoms with van der Waals surface area (Å²) in [5, 5.41) is 12.2. The lowest BCUT2D eigenvalue weighted by molar-refractivity contribution is 0.148. The molecular formula is C30H31N9. The molecule has 0 aliphatic carbocycles.